The summed E-state index contributed by atoms with van der Waals surface area (Å²) < 4.78 is 6.02. The van der Waals surface area contributed by atoms with Crippen molar-refractivity contribution in [3.05, 3.63) is 29.8 Å². The number of carbonyl (C=O) groups excluding carboxylic acids is 1. The molecule has 0 bridgehead atoms. The van der Waals surface area contributed by atoms with Crippen molar-refractivity contribution >= 4 is 20.1 Å². The first-order valence-electron chi connectivity index (χ1n) is 6.12. The topological polar surface area (TPSA) is 63.6 Å². The first kappa shape index (κ1) is 15.4. The molecule has 0 aliphatic rings. The standard InChI is InChI=1S/C14H20O4Si/c1-14(2,3)19(4,5)18-11-9-7-6-8-10(11)12(15)13(16)17/h6-9H,1-5H3,(H,16,17). The van der Waals surface area contributed by atoms with Gasteiger partial charge in [-0.25, -0.2) is 4.79 Å². The maximum Gasteiger partial charge on any atom is 0.377 e. The number of carbonyl (C=O) groups is 2. The highest BCUT2D eigenvalue weighted by Crippen LogP contribution is 2.38. The molecule has 5 heteroatoms. The minimum atomic E-state index is -2.10. The minimum absolute atomic E-state index is 0.0214. The number of Topliss-reactive ketones (excluding diaryl/α,β-unsaturated/α-hetero) is 1. The van der Waals surface area contributed by atoms with Crippen LogP contribution in [0, 0.1) is 0 Å². The van der Waals surface area contributed by atoms with Gasteiger partial charge >= 0.3 is 5.97 Å². The van der Waals surface area contributed by atoms with Crippen LogP contribution < -0.4 is 4.43 Å². The van der Waals surface area contributed by atoms with Gasteiger partial charge in [-0.1, -0.05) is 32.9 Å². The van der Waals surface area contributed by atoms with Crippen LogP contribution in [-0.2, 0) is 4.79 Å². The first-order valence-corrected chi connectivity index (χ1v) is 9.03. The fourth-order valence-corrected chi connectivity index (χ4v) is 2.32. The van der Waals surface area contributed by atoms with Crippen molar-refractivity contribution < 1.29 is 19.1 Å². The largest absolute Gasteiger partial charge is 0.543 e. The summed E-state index contributed by atoms with van der Waals surface area (Å²) in [5.74, 6) is -2.04. The van der Waals surface area contributed by atoms with E-state index in [0.29, 0.717) is 5.75 Å². The van der Waals surface area contributed by atoms with E-state index in [0.717, 1.165) is 0 Å². The zero-order chi connectivity index (χ0) is 14.8. The average Bonchev–Trinajstić information content (AvgIpc) is 2.26. The Morgan fingerprint density at radius 3 is 2.16 bits per heavy atom. The van der Waals surface area contributed by atoms with E-state index in [2.05, 4.69) is 33.9 Å². The Morgan fingerprint density at radius 2 is 1.68 bits per heavy atom. The number of hydrogen-bond acceptors (Lipinski definition) is 3. The summed E-state index contributed by atoms with van der Waals surface area (Å²) in [5.41, 5.74) is 0.111. The van der Waals surface area contributed by atoms with E-state index in [1.165, 1.54) is 6.07 Å². The summed E-state index contributed by atoms with van der Waals surface area (Å²) in [5, 5.41) is 8.80. The molecule has 0 unspecified atom stereocenters. The molecule has 0 fully saturated rings. The lowest BCUT2D eigenvalue weighted by atomic mass is 10.1. The lowest BCUT2D eigenvalue weighted by Crippen LogP contribution is -2.44. The summed E-state index contributed by atoms with van der Waals surface area (Å²) in [7, 11) is -2.10. The van der Waals surface area contributed by atoms with E-state index in [1.807, 2.05) is 0 Å². The van der Waals surface area contributed by atoms with Crippen LogP contribution >= 0.6 is 0 Å². The van der Waals surface area contributed by atoms with Gasteiger partial charge < -0.3 is 9.53 Å². The van der Waals surface area contributed by atoms with Crippen LogP contribution in [0.5, 0.6) is 5.75 Å². The summed E-state index contributed by atoms with van der Waals surface area (Å²) in [6.07, 6.45) is 0. The molecule has 0 atom stereocenters. The molecule has 0 radical (unpaired) electrons. The lowest BCUT2D eigenvalue weighted by Gasteiger charge is -2.36. The lowest BCUT2D eigenvalue weighted by molar-refractivity contribution is -0.131. The van der Waals surface area contributed by atoms with Crippen LogP contribution in [-0.4, -0.2) is 25.2 Å². The molecule has 1 rings (SSSR count). The zero-order valence-electron chi connectivity index (χ0n) is 12.0. The molecule has 0 heterocycles. The monoisotopic (exact) mass is 280 g/mol. The van der Waals surface area contributed by atoms with Gasteiger partial charge in [0.2, 0.25) is 0 Å². The summed E-state index contributed by atoms with van der Waals surface area (Å²) in [4.78, 5) is 22.5. The fraction of sp³-hybridized carbons (Fsp3) is 0.429. The van der Waals surface area contributed by atoms with E-state index >= 15 is 0 Å². The Morgan fingerprint density at radius 1 is 1.16 bits per heavy atom. The van der Waals surface area contributed by atoms with Crippen LogP contribution in [0.25, 0.3) is 0 Å². The van der Waals surface area contributed by atoms with E-state index < -0.39 is 20.1 Å². The van der Waals surface area contributed by atoms with Gasteiger partial charge in [0.05, 0.1) is 5.56 Å². The van der Waals surface area contributed by atoms with Crippen molar-refractivity contribution in [2.45, 2.75) is 38.9 Å². The third-order valence-corrected chi connectivity index (χ3v) is 7.84. The number of ketones is 1. The normalized spacial score (nSPS) is 12.1. The fourth-order valence-electron chi connectivity index (χ4n) is 1.29. The van der Waals surface area contributed by atoms with Gasteiger partial charge in [-0.2, -0.15) is 0 Å². The van der Waals surface area contributed by atoms with Gasteiger partial charge in [0.25, 0.3) is 14.1 Å². The van der Waals surface area contributed by atoms with Crippen LogP contribution in [0.3, 0.4) is 0 Å². The highest BCUT2D eigenvalue weighted by Gasteiger charge is 2.39. The molecular formula is C14H20O4Si. The molecular weight excluding hydrogens is 260 g/mol. The molecule has 1 aromatic rings. The van der Waals surface area contributed by atoms with E-state index in [-0.39, 0.29) is 10.6 Å². The Hall–Kier alpha value is -1.62. The third kappa shape index (κ3) is 3.44. The molecule has 0 spiro atoms. The van der Waals surface area contributed by atoms with Gasteiger partial charge in [-0.05, 0) is 30.3 Å². The van der Waals surface area contributed by atoms with E-state index in [9.17, 15) is 9.59 Å². The molecule has 0 aliphatic heterocycles. The van der Waals surface area contributed by atoms with Crippen molar-refractivity contribution in [3.8, 4) is 5.75 Å². The molecule has 0 aliphatic carbocycles. The predicted molar refractivity (Wildman–Crippen MR) is 76.2 cm³/mol. The second kappa shape index (κ2) is 5.17. The van der Waals surface area contributed by atoms with Crippen molar-refractivity contribution in [1.82, 2.24) is 0 Å². The second-order valence-electron chi connectivity index (χ2n) is 5.99. The molecule has 104 valence electrons. The van der Waals surface area contributed by atoms with Crippen LogP contribution in [0.2, 0.25) is 18.1 Å². The van der Waals surface area contributed by atoms with Gasteiger partial charge in [0.1, 0.15) is 5.75 Å². The molecule has 4 nitrogen and oxygen atoms in total. The average molecular weight is 280 g/mol. The molecule has 0 aromatic heterocycles. The SMILES string of the molecule is CC(C)(C)[Si](C)(C)Oc1ccccc1C(=O)C(=O)O. The zero-order valence-corrected chi connectivity index (χ0v) is 13.0. The Kier molecular flexibility index (Phi) is 4.20. The van der Waals surface area contributed by atoms with Crippen LogP contribution in [0.4, 0.5) is 0 Å². The summed E-state index contributed by atoms with van der Waals surface area (Å²) in [6, 6.07) is 6.51. The smallest absolute Gasteiger partial charge is 0.377 e. The van der Waals surface area contributed by atoms with Gasteiger partial charge in [0.15, 0.2) is 0 Å². The predicted octanol–water partition coefficient (Wildman–Crippen LogP) is 3.34. The highest BCUT2D eigenvalue weighted by molar-refractivity contribution is 6.74. The molecule has 1 N–H and O–H groups in total. The highest BCUT2D eigenvalue weighted by atomic mass is 28.4. The van der Waals surface area contributed by atoms with Crippen molar-refractivity contribution in [1.29, 1.82) is 0 Å². The number of carboxylic acids is 1. The number of carboxylic acid groups (broad SMARTS) is 1. The quantitative estimate of drug-likeness (QED) is 0.522. The van der Waals surface area contributed by atoms with Gasteiger partial charge in [0, 0.05) is 0 Å². The molecule has 0 amide bonds. The number of benzene rings is 1. The molecule has 1 aromatic carbocycles. The first-order chi connectivity index (χ1) is 8.56. The number of aliphatic carboxylic acids is 1. The van der Waals surface area contributed by atoms with Gasteiger partial charge in [-0.15, -0.1) is 0 Å². The molecule has 0 saturated carbocycles. The Bertz CT molecular complexity index is 500. The summed E-state index contributed by atoms with van der Waals surface area (Å²) in [6.45, 7) is 10.4. The maximum atomic E-state index is 11.6. The molecule has 0 saturated heterocycles. The van der Waals surface area contributed by atoms with Crippen LogP contribution in [0.15, 0.2) is 24.3 Å². The Balaban J connectivity index is 3.16. The number of para-hydroxylation sites is 1. The third-order valence-electron chi connectivity index (χ3n) is 3.50. The Labute approximate surface area is 114 Å². The van der Waals surface area contributed by atoms with Crippen LogP contribution in [0.1, 0.15) is 31.1 Å². The summed E-state index contributed by atoms with van der Waals surface area (Å²) >= 11 is 0. The second-order valence-corrected chi connectivity index (χ2v) is 10.7. The van der Waals surface area contributed by atoms with Crippen molar-refractivity contribution in [3.63, 3.8) is 0 Å². The maximum absolute atomic E-state index is 11.6. The van der Waals surface area contributed by atoms with E-state index in [4.69, 9.17) is 9.53 Å². The number of rotatable bonds is 4. The number of hydrogen-bond donors (Lipinski definition) is 1. The van der Waals surface area contributed by atoms with Crippen molar-refractivity contribution in [2.75, 3.05) is 0 Å². The van der Waals surface area contributed by atoms with E-state index in [1.54, 1.807) is 18.2 Å². The molecule has 19 heavy (non-hydrogen) atoms. The van der Waals surface area contributed by atoms with Gasteiger partial charge in [-0.3, -0.25) is 4.79 Å². The van der Waals surface area contributed by atoms with Crippen molar-refractivity contribution in [2.24, 2.45) is 0 Å². The minimum Gasteiger partial charge on any atom is -0.543 e.